The first kappa shape index (κ1) is 12.0. The van der Waals surface area contributed by atoms with E-state index >= 15 is 0 Å². The molecule has 0 bridgehead atoms. The summed E-state index contributed by atoms with van der Waals surface area (Å²) in [6.07, 6.45) is 11.9. The van der Waals surface area contributed by atoms with Gasteiger partial charge in [-0.05, 0) is 24.8 Å². The van der Waals surface area contributed by atoms with Gasteiger partial charge in [-0.15, -0.1) is 0 Å². The fraction of sp³-hybridized carbons (Fsp3) is 0.385. The van der Waals surface area contributed by atoms with Crippen LogP contribution in [0.5, 0.6) is 0 Å². The zero-order valence-electron chi connectivity index (χ0n) is 7.88. The Labute approximate surface area is 82.4 Å². The summed E-state index contributed by atoms with van der Waals surface area (Å²) in [6, 6.07) is 0. The van der Waals surface area contributed by atoms with Crippen LogP contribution in [0.15, 0.2) is 48.1 Å². The number of allylic oxidation sites excluding steroid dienone is 7. The lowest BCUT2D eigenvalue weighted by Crippen LogP contribution is -1.81. The van der Waals surface area contributed by atoms with E-state index in [1.54, 1.807) is 0 Å². The molecule has 0 heteroatoms. The summed E-state index contributed by atoms with van der Waals surface area (Å²) in [7, 11) is 0. The molecule has 1 aliphatic rings. The van der Waals surface area contributed by atoms with E-state index in [0.717, 1.165) is 6.42 Å². The molecule has 1 atom stereocenters. The maximum absolute atomic E-state index is 3.90. The molecule has 0 aromatic heterocycles. The minimum atomic E-state index is 0. The monoisotopic (exact) mass is 176 g/mol. The van der Waals surface area contributed by atoms with Crippen molar-refractivity contribution in [2.75, 3.05) is 0 Å². The van der Waals surface area contributed by atoms with Crippen LogP contribution < -0.4 is 0 Å². The minimum Gasteiger partial charge on any atom is -0.0998 e. The Hall–Kier alpha value is -1.04. The van der Waals surface area contributed by atoms with Crippen LogP contribution in [0.1, 0.15) is 27.7 Å². The molecule has 13 heavy (non-hydrogen) atoms. The highest BCUT2D eigenvalue weighted by Gasteiger charge is 1.97. The summed E-state index contributed by atoms with van der Waals surface area (Å²) in [4.78, 5) is 0. The molecule has 0 nitrogen and oxygen atoms in total. The molecular formula is C13H20. The van der Waals surface area contributed by atoms with Gasteiger partial charge in [-0.25, -0.2) is 0 Å². The van der Waals surface area contributed by atoms with Crippen LogP contribution in [-0.4, -0.2) is 0 Å². The summed E-state index contributed by atoms with van der Waals surface area (Å²) in [5, 5.41) is 0. The minimum absolute atomic E-state index is 0. The second-order valence-corrected chi connectivity index (χ2v) is 3.48. The van der Waals surface area contributed by atoms with E-state index < -0.39 is 0 Å². The third kappa shape index (κ3) is 4.51. The van der Waals surface area contributed by atoms with Crippen LogP contribution in [0.3, 0.4) is 0 Å². The number of hydrogen-bond acceptors (Lipinski definition) is 0. The lowest BCUT2D eigenvalue weighted by atomic mass is 10.1. The molecule has 72 valence electrons. The van der Waals surface area contributed by atoms with Gasteiger partial charge in [-0.3, -0.25) is 0 Å². The van der Waals surface area contributed by atoms with E-state index in [1.165, 1.54) is 11.1 Å². The van der Waals surface area contributed by atoms with Gasteiger partial charge in [0.25, 0.3) is 0 Å². The van der Waals surface area contributed by atoms with Crippen LogP contribution in [0.4, 0.5) is 0 Å². The van der Waals surface area contributed by atoms with Crippen molar-refractivity contribution in [3.05, 3.63) is 48.1 Å². The molecule has 0 saturated carbocycles. The molecule has 1 rings (SSSR count). The molecule has 0 fully saturated rings. The number of rotatable bonds is 2. The Balaban J connectivity index is 0.00000144. The van der Waals surface area contributed by atoms with Crippen molar-refractivity contribution < 1.29 is 0 Å². The maximum atomic E-state index is 3.90. The highest BCUT2D eigenvalue weighted by atomic mass is 14.0. The molecule has 0 saturated heterocycles. The van der Waals surface area contributed by atoms with Crippen LogP contribution in [-0.2, 0) is 0 Å². The largest absolute Gasteiger partial charge is 0.0998 e. The summed E-state index contributed by atoms with van der Waals surface area (Å²) in [5.41, 5.74) is 2.57. The van der Waals surface area contributed by atoms with Crippen LogP contribution in [0.2, 0.25) is 0 Å². The molecular weight excluding hydrogens is 156 g/mol. The first-order valence-corrected chi connectivity index (χ1v) is 4.38. The Morgan fingerprint density at radius 2 is 2.15 bits per heavy atom. The third-order valence-electron chi connectivity index (χ3n) is 1.84. The molecule has 0 radical (unpaired) electrons. The van der Waals surface area contributed by atoms with E-state index in [-0.39, 0.29) is 7.43 Å². The van der Waals surface area contributed by atoms with Crippen molar-refractivity contribution in [1.29, 1.82) is 0 Å². The van der Waals surface area contributed by atoms with Gasteiger partial charge >= 0.3 is 0 Å². The first-order chi connectivity index (χ1) is 5.68. The van der Waals surface area contributed by atoms with Crippen molar-refractivity contribution in [1.82, 2.24) is 0 Å². The highest BCUT2D eigenvalue weighted by molar-refractivity contribution is 5.31. The quantitative estimate of drug-likeness (QED) is 0.551. The normalized spacial score (nSPS) is 20.2. The van der Waals surface area contributed by atoms with Crippen molar-refractivity contribution in [2.45, 2.75) is 27.7 Å². The lowest BCUT2D eigenvalue weighted by Gasteiger charge is -1.99. The predicted molar refractivity (Wildman–Crippen MR) is 61.7 cm³/mol. The molecule has 1 aliphatic carbocycles. The van der Waals surface area contributed by atoms with Gasteiger partial charge in [0, 0.05) is 0 Å². The van der Waals surface area contributed by atoms with Crippen LogP contribution in [0, 0.1) is 5.92 Å². The van der Waals surface area contributed by atoms with E-state index in [9.17, 15) is 0 Å². The van der Waals surface area contributed by atoms with Crippen molar-refractivity contribution >= 4 is 0 Å². The summed E-state index contributed by atoms with van der Waals surface area (Å²) in [6.45, 7) is 8.15. The van der Waals surface area contributed by atoms with Gasteiger partial charge in [0.2, 0.25) is 0 Å². The second kappa shape index (κ2) is 5.58. The van der Waals surface area contributed by atoms with Crippen molar-refractivity contribution in [2.24, 2.45) is 5.92 Å². The smallest absolute Gasteiger partial charge is 0.00727 e. The van der Waals surface area contributed by atoms with Crippen molar-refractivity contribution in [3.63, 3.8) is 0 Å². The fourth-order valence-corrected chi connectivity index (χ4v) is 1.22. The van der Waals surface area contributed by atoms with Gasteiger partial charge < -0.3 is 0 Å². The highest BCUT2D eigenvalue weighted by Crippen LogP contribution is 2.15. The van der Waals surface area contributed by atoms with E-state index in [2.05, 4.69) is 50.8 Å². The third-order valence-corrected chi connectivity index (χ3v) is 1.84. The summed E-state index contributed by atoms with van der Waals surface area (Å²) >= 11 is 0. The van der Waals surface area contributed by atoms with E-state index in [4.69, 9.17) is 0 Å². The molecule has 0 aliphatic heterocycles. The summed E-state index contributed by atoms with van der Waals surface area (Å²) in [5.74, 6) is 0.559. The maximum Gasteiger partial charge on any atom is -0.00727 e. The molecule has 0 amide bonds. The fourth-order valence-electron chi connectivity index (χ4n) is 1.22. The van der Waals surface area contributed by atoms with E-state index in [1.807, 2.05) is 0 Å². The van der Waals surface area contributed by atoms with Crippen LogP contribution in [0.25, 0.3) is 0 Å². The number of hydrogen-bond donors (Lipinski definition) is 0. The van der Waals surface area contributed by atoms with Crippen LogP contribution >= 0.6 is 0 Å². The van der Waals surface area contributed by atoms with E-state index in [0.29, 0.717) is 5.92 Å². The average molecular weight is 176 g/mol. The van der Waals surface area contributed by atoms with Gasteiger partial charge in [0.05, 0.1) is 0 Å². The average Bonchev–Trinajstić information content (AvgIpc) is 2.15. The lowest BCUT2D eigenvalue weighted by molar-refractivity contribution is 0.941. The zero-order valence-corrected chi connectivity index (χ0v) is 7.88. The molecule has 0 aromatic carbocycles. The predicted octanol–water partition coefficient (Wildman–Crippen LogP) is 4.28. The topological polar surface area (TPSA) is 0 Å². The standard InChI is InChI=1S/C12H16.CH4/c1-10(2)9-12-6-4-5-11(3)7-8-12;/h4-8,11H,1,9H2,2-3H3;1H4. The molecule has 0 heterocycles. The summed E-state index contributed by atoms with van der Waals surface area (Å²) < 4.78 is 0. The van der Waals surface area contributed by atoms with Gasteiger partial charge in [-0.2, -0.15) is 0 Å². The Bertz CT molecular complexity index is 251. The molecule has 0 N–H and O–H groups in total. The second-order valence-electron chi connectivity index (χ2n) is 3.48. The van der Waals surface area contributed by atoms with Crippen molar-refractivity contribution in [3.8, 4) is 0 Å². The SMILES string of the molecule is C.C=C(C)CC1=CC=CC(C)C=C1. The first-order valence-electron chi connectivity index (χ1n) is 4.38. The Morgan fingerprint density at radius 1 is 1.46 bits per heavy atom. The Kier molecular flexibility index (Phi) is 5.13. The van der Waals surface area contributed by atoms with Gasteiger partial charge in [0.1, 0.15) is 0 Å². The molecule has 0 spiro atoms. The molecule has 0 aromatic rings. The van der Waals surface area contributed by atoms with Gasteiger partial charge in [-0.1, -0.05) is 56.9 Å². The van der Waals surface area contributed by atoms with Gasteiger partial charge in [0.15, 0.2) is 0 Å². The zero-order chi connectivity index (χ0) is 8.97. The Morgan fingerprint density at radius 3 is 2.77 bits per heavy atom. The molecule has 1 unspecified atom stereocenters.